The van der Waals surface area contributed by atoms with Crippen LogP contribution in [0.4, 0.5) is 5.69 Å². The van der Waals surface area contributed by atoms with Crippen molar-refractivity contribution in [3.8, 4) is 20.9 Å². The van der Waals surface area contributed by atoms with Gasteiger partial charge in [-0.05, 0) is 76.7 Å². The Bertz CT molecular complexity index is 2170. The molecule has 0 unspecified atom stereocenters. The molecule has 14 heteroatoms. The summed E-state index contributed by atoms with van der Waals surface area (Å²) in [6, 6.07) is 20.7. The average molecular weight is 744 g/mol. The van der Waals surface area contributed by atoms with Gasteiger partial charge in [0, 0.05) is 51.3 Å². The Hall–Kier alpha value is -2.82. The maximum Gasteiger partial charge on any atom is 0.263 e. The summed E-state index contributed by atoms with van der Waals surface area (Å²) >= 11 is 6.51. The molecule has 0 saturated carbocycles. The van der Waals surface area contributed by atoms with E-state index in [1.54, 1.807) is 45.8 Å². The number of hydrogen-bond donors (Lipinski definition) is 0. The molecule has 47 heavy (non-hydrogen) atoms. The van der Waals surface area contributed by atoms with Gasteiger partial charge in [-0.1, -0.05) is 54.3 Å². The SMILES string of the molecule is CCC(/C=C1\Sc2ccc(-c3cccs3)cc2N1CCCS(=O)(=O)[O-])=C\c1sc2ccc(-c3cccs3)cc2[n+]1CCCS(=O)(=O)[O-]. The highest BCUT2D eigenvalue weighted by Gasteiger charge is 2.27. The summed E-state index contributed by atoms with van der Waals surface area (Å²) in [7, 11) is -8.69. The predicted octanol–water partition coefficient (Wildman–Crippen LogP) is 7.76. The van der Waals surface area contributed by atoms with Gasteiger partial charge in [0.1, 0.15) is 4.70 Å². The van der Waals surface area contributed by atoms with E-state index in [0.29, 0.717) is 19.5 Å². The third-order valence-electron chi connectivity index (χ3n) is 7.65. The number of aromatic nitrogens is 1. The minimum absolute atomic E-state index is 0.198. The van der Waals surface area contributed by atoms with Crippen LogP contribution < -0.4 is 9.47 Å². The number of allylic oxidation sites excluding steroid dienone is 2. The fourth-order valence-electron chi connectivity index (χ4n) is 5.43. The molecule has 1 aliphatic heterocycles. The number of hydrogen-bond acceptors (Lipinski definition) is 11. The smallest absolute Gasteiger partial charge is 0.263 e. The van der Waals surface area contributed by atoms with Crippen molar-refractivity contribution in [1.29, 1.82) is 0 Å². The maximum absolute atomic E-state index is 11.4. The highest BCUT2D eigenvalue weighted by molar-refractivity contribution is 8.03. The van der Waals surface area contributed by atoms with E-state index in [-0.39, 0.29) is 12.8 Å². The number of rotatable bonds is 13. The van der Waals surface area contributed by atoms with Gasteiger partial charge in [0.2, 0.25) is 5.52 Å². The summed E-state index contributed by atoms with van der Waals surface area (Å²) in [5.41, 5.74) is 5.12. The van der Waals surface area contributed by atoms with Crippen molar-refractivity contribution in [1.82, 2.24) is 0 Å². The highest BCUT2D eigenvalue weighted by Crippen LogP contribution is 2.48. The molecule has 0 saturated heterocycles. The number of nitrogens with zero attached hydrogens (tertiary/aromatic N) is 2. The summed E-state index contributed by atoms with van der Waals surface area (Å²) in [5.74, 6) is -0.877. The predicted molar refractivity (Wildman–Crippen MR) is 193 cm³/mol. The first-order chi connectivity index (χ1) is 22.5. The fourth-order valence-corrected chi connectivity index (χ4v) is 10.1. The van der Waals surface area contributed by atoms with Crippen molar-refractivity contribution < 1.29 is 30.5 Å². The molecule has 6 rings (SSSR count). The molecule has 0 fully saturated rings. The molecule has 1 aliphatic rings. The molecule has 8 nitrogen and oxygen atoms in total. The molecule has 0 atom stereocenters. The molecule has 0 amide bonds. The van der Waals surface area contributed by atoms with E-state index in [2.05, 4.69) is 77.1 Å². The van der Waals surface area contributed by atoms with Gasteiger partial charge in [-0.2, -0.15) is 4.57 Å². The summed E-state index contributed by atoms with van der Waals surface area (Å²) in [6.07, 6.45) is 5.31. The molecule has 0 spiro atoms. The minimum Gasteiger partial charge on any atom is -0.748 e. The fraction of sp³-hybridized carbons (Fsp3) is 0.242. The first-order valence-electron chi connectivity index (χ1n) is 14.9. The zero-order valence-corrected chi connectivity index (χ0v) is 30.2. The second-order valence-electron chi connectivity index (χ2n) is 11.0. The number of thiophene rings is 2. The standard InChI is InChI=1S/C33H32N2O6S6/c1-2-23(19-32-34(13-5-17-46(36,37)38)26-21-24(9-11-30(26)44-32)28-7-3-15-42-28)20-33-35(14-6-18-47(39,40)41)27-22-25(10-12-31(27)45-33)29-8-4-16-43-29/h3-4,7-12,15-16,19-22H,2,5-6,13-14,17-18H2,1H3,(H-,36,37,38,39,40,41)/p-1. The lowest BCUT2D eigenvalue weighted by molar-refractivity contribution is -0.668. The van der Waals surface area contributed by atoms with Crippen molar-refractivity contribution in [2.75, 3.05) is 23.0 Å². The van der Waals surface area contributed by atoms with Crippen molar-refractivity contribution in [2.45, 2.75) is 37.6 Å². The van der Waals surface area contributed by atoms with Gasteiger partial charge < -0.3 is 14.0 Å². The second-order valence-corrected chi connectivity index (χ2v) is 18.0. The zero-order valence-electron chi connectivity index (χ0n) is 25.3. The van der Waals surface area contributed by atoms with Crippen LogP contribution in [0.2, 0.25) is 0 Å². The Morgan fingerprint density at radius 1 is 0.872 bits per heavy atom. The average Bonchev–Trinajstić information content (AvgIpc) is 3.83. The molecule has 0 bridgehead atoms. The van der Waals surface area contributed by atoms with Crippen molar-refractivity contribution in [3.63, 3.8) is 0 Å². The number of anilines is 1. The largest absolute Gasteiger partial charge is 0.748 e. The van der Waals surface area contributed by atoms with E-state index in [1.807, 2.05) is 22.9 Å². The summed E-state index contributed by atoms with van der Waals surface area (Å²) in [6.45, 7) is 2.81. The Morgan fingerprint density at radius 3 is 2.17 bits per heavy atom. The third-order valence-corrected chi connectivity index (χ3v) is 13.3. The van der Waals surface area contributed by atoms with Crippen LogP contribution in [0, 0.1) is 0 Å². The number of thioether (sulfide) groups is 1. The van der Waals surface area contributed by atoms with Gasteiger partial charge in [-0.25, -0.2) is 16.8 Å². The van der Waals surface area contributed by atoms with Gasteiger partial charge in [0.15, 0.2) is 6.54 Å². The van der Waals surface area contributed by atoms with Gasteiger partial charge >= 0.3 is 0 Å². The topological polar surface area (TPSA) is 122 Å². The van der Waals surface area contributed by atoms with Crippen LogP contribution in [0.15, 0.2) is 93.0 Å². The van der Waals surface area contributed by atoms with Crippen molar-refractivity contribution >= 4 is 88.0 Å². The van der Waals surface area contributed by atoms with Crippen LogP contribution in [-0.2, 0) is 26.8 Å². The minimum atomic E-state index is -4.35. The molecular weight excluding hydrogens is 713 g/mol. The van der Waals surface area contributed by atoms with Gasteiger partial charge in [0.05, 0.1) is 31.0 Å². The lowest BCUT2D eigenvalue weighted by atomic mass is 10.1. The lowest BCUT2D eigenvalue weighted by Gasteiger charge is -2.21. The third kappa shape index (κ3) is 8.43. The summed E-state index contributed by atoms with van der Waals surface area (Å²) < 4.78 is 71.8. The number of benzene rings is 2. The Labute approximate surface area is 291 Å². The first kappa shape index (κ1) is 34.1. The van der Waals surface area contributed by atoms with E-state index in [4.69, 9.17) is 0 Å². The van der Waals surface area contributed by atoms with Crippen LogP contribution in [0.5, 0.6) is 0 Å². The highest BCUT2D eigenvalue weighted by atomic mass is 32.2. The van der Waals surface area contributed by atoms with E-state index >= 15 is 0 Å². The van der Waals surface area contributed by atoms with Crippen LogP contribution in [0.25, 0.3) is 37.2 Å². The van der Waals surface area contributed by atoms with E-state index in [0.717, 1.165) is 57.3 Å². The summed E-state index contributed by atoms with van der Waals surface area (Å²) in [5, 5.41) is 5.93. The number of aryl methyl sites for hydroxylation is 1. The van der Waals surface area contributed by atoms with E-state index < -0.39 is 31.7 Å². The van der Waals surface area contributed by atoms with Crippen molar-refractivity contribution in [2.24, 2.45) is 0 Å². The van der Waals surface area contributed by atoms with E-state index in [9.17, 15) is 25.9 Å². The number of fused-ring (bicyclic) bond motifs is 2. The quantitative estimate of drug-likeness (QED) is 0.0887. The van der Waals surface area contributed by atoms with Gasteiger partial charge in [0.25, 0.3) is 5.01 Å². The molecule has 0 radical (unpaired) electrons. The van der Waals surface area contributed by atoms with Crippen LogP contribution in [0.1, 0.15) is 31.2 Å². The molecule has 246 valence electrons. The van der Waals surface area contributed by atoms with Crippen molar-refractivity contribution in [3.05, 3.63) is 93.1 Å². The molecule has 3 aromatic heterocycles. The molecular formula is C33H31N2O6S6-. The van der Waals surface area contributed by atoms with Gasteiger partial charge in [-0.3, -0.25) is 0 Å². The lowest BCUT2D eigenvalue weighted by Crippen LogP contribution is -2.36. The molecule has 5 aromatic rings. The summed E-state index contributed by atoms with van der Waals surface area (Å²) in [4.78, 5) is 5.41. The molecule has 2 aromatic carbocycles. The van der Waals surface area contributed by atoms with Crippen LogP contribution >= 0.6 is 45.8 Å². The van der Waals surface area contributed by atoms with Crippen LogP contribution in [-0.4, -0.2) is 44.0 Å². The molecule has 4 heterocycles. The maximum atomic E-state index is 11.4. The Balaban J connectivity index is 1.38. The zero-order chi connectivity index (χ0) is 33.2. The van der Waals surface area contributed by atoms with Gasteiger partial charge in [-0.15, -0.1) is 22.7 Å². The Morgan fingerprint density at radius 2 is 1.53 bits per heavy atom. The van der Waals surface area contributed by atoms with E-state index in [1.165, 1.54) is 0 Å². The number of thiazole rings is 1. The first-order valence-corrected chi connectivity index (χ1v) is 21.4. The Kier molecular flexibility index (Phi) is 10.4. The monoisotopic (exact) mass is 743 g/mol. The molecule has 0 N–H and O–H groups in total. The molecule has 0 aliphatic carbocycles. The normalized spacial score (nSPS) is 14.8. The second kappa shape index (κ2) is 14.3. The van der Waals surface area contributed by atoms with Crippen LogP contribution in [0.3, 0.4) is 0 Å².